The van der Waals surface area contributed by atoms with Crippen molar-refractivity contribution in [3.8, 4) is 0 Å². The van der Waals surface area contributed by atoms with Gasteiger partial charge in [0.25, 0.3) is 0 Å². The molecule has 16 heavy (non-hydrogen) atoms. The molecule has 0 radical (unpaired) electrons. The average molecular weight is 219 g/mol. The van der Waals surface area contributed by atoms with Gasteiger partial charge in [-0.2, -0.15) is 5.10 Å². The van der Waals surface area contributed by atoms with E-state index in [0.29, 0.717) is 11.3 Å². The standard InChI is InChI=1S/C11H13N3O2/c1-2-3-8-4-5-10-12-7-9(6-11(15)16)14(10)13-8/h4-5,7H,2-3,6H2,1H3,(H,15,16). The largest absolute Gasteiger partial charge is 0.481 e. The number of carboxylic acids is 1. The molecule has 0 aliphatic rings. The summed E-state index contributed by atoms with van der Waals surface area (Å²) in [4.78, 5) is 14.8. The predicted octanol–water partition coefficient (Wildman–Crippen LogP) is 1.31. The molecule has 2 aromatic rings. The third kappa shape index (κ3) is 2.03. The van der Waals surface area contributed by atoms with Crippen molar-refractivity contribution >= 4 is 11.6 Å². The first kappa shape index (κ1) is 10.6. The molecule has 0 spiro atoms. The van der Waals surface area contributed by atoms with Crippen LogP contribution in [0, 0.1) is 0 Å². The summed E-state index contributed by atoms with van der Waals surface area (Å²) in [6.07, 6.45) is 3.41. The summed E-state index contributed by atoms with van der Waals surface area (Å²) in [5, 5.41) is 13.1. The number of aryl methyl sites for hydroxylation is 1. The number of carboxylic acid groups (broad SMARTS) is 1. The molecule has 0 aliphatic carbocycles. The number of hydrogen-bond donors (Lipinski definition) is 1. The zero-order chi connectivity index (χ0) is 11.5. The molecule has 2 rings (SSSR count). The third-order valence-corrected chi connectivity index (χ3v) is 2.33. The van der Waals surface area contributed by atoms with E-state index >= 15 is 0 Å². The molecule has 0 atom stereocenters. The average Bonchev–Trinajstić information content (AvgIpc) is 2.61. The maximum absolute atomic E-state index is 10.7. The van der Waals surface area contributed by atoms with Crippen molar-refractivity contribution in [1.82, 2.24) is 14.6 Å². The highest BCUT2D eigenvalue weighted by Crippen LogP contribution is 2.08. The van der Waals surface area contributed by atoms with Crippen LogP contribution in [0.4, 0.5) is 0 Å². The second-order valence-corrected chi connectivity index (χ2v) is 3.66. The van der Waals surface area contributed by atoms with Crippen molar-refractivity contribution < 1.29 is 9.90 Å². The van der Waals surface area contributed by atoms with Crippen molar-refractivity contribution in [3.63, 3.8) is 0 Å². The maximum Gasteiger partial charge on any atom is 0.309 e. The van der Waals surface area contributed by atoms with Crippen molar-refractivity contribution in [3.05, 3.63) is 29.7 Å². The highest BCUT2D eigenvalue weighted by atomic mass is 16.4. The van der Waals surface area contributed by atoms with E-state index in [1.807, 2.05) is 12.1 Å². The van der Waals surface area contributed by atoms with E-state index in [9.17, 15) is 4.79 Å². The smallest absolute Gasteiger partial charge is 0.309 e. The zero-order valence-corrected chi connectivity index (χ0v) is 9.05. The fourth-order valence-electron chi connectivity index (χ4n) is 1.62. The Labute approximate surface area is 92.7 Å². The zero-order valence-electron chi connectivity index (χ0n) is 9.05. The molecule has 5 heteroatoms. The molecule has 0 saturated heterocycles. The van der Waals surface area contributed by atoms with Crippen molar-refractivity contribution in [1.29, 1.82) is 0 Å². The number of imidazole rings is 1. The second kappa shape index (κ2) is 4.30. The lowest BCUT2D eigenvalue weighted by molar-refractivity contribution is -0.136. The Morgan fingerprint density at radius 3 is 3.00 bits per heavy atom. The highest BCUT2D eigenvalue weighted by Gasteiger charge is 2.08. The van der Waals surface area contributed by atoms with Crippen molar-refractivity contribution in [2.45, 2.75) is 26.2 Å². The Kier molecular flexibility index (Phi) is 2.85. The predicted molar refractivity (Wildman–Crippen MR) is 58.3 cm³/mol. The molecule has 0 aromatic carbocycles. The molecule has 0 unspecified atom stereocenters. The minimum atomic E-state index is -0.871. The van der Waals surface area contributed by atoms with Gasteiger partial charge in [0.1, 0.15) is 0 Å². The molecular formula is C11H13N3O2. The molecule has 2 aromatic heterocycles. The Morgan fingerprint density at radius 2 is 2.31 bits per heavy atom. The molecule has 84 valence electrons. The van der Waals surface area contributed by atoms with Gasteiger partial charge in [0.05, 0.1) is 24.0 Å². The SMILES string of the molecule is CCCc1ccc2ncc(CC(=O)O)n2n1. The van der Waals surface area contributed by atoms with Gasteiger partial charge in [-0.3, -0.25) is 4.79 Å². The maximum atomic E-state index is 10.7. The molecule has 2 heterocycles. The topological polar surface area (TPSA) is 67.5 Å². The molecular weight excluding hydrogens is 206 g/mol. The van der Waals surface area contributed by atoms with E-state index in [-0.39, 0.29) is 6.42 Å². The van der Waals surface area contributed by atoms with Crippen molar-refractivity contribution in [2.75, 3.05) is 0 Å². The van der Waals surface area contributed by atoms with E-state index in [2.05, 4.69) is 17.0 Å². The van der Waals surface area contributed by atoms with E-state index < -0.39 is 5.97 Å². The lowest BCUT2D eigenvalue weighted by atomic mass is 10.2. The van der Waals surface area contributed by atoms with Gasteiger partial charge in [0.15, 0.2) is 5.65 Å². The third-order valence-electron chi connectivity index (χ3n) is 2.33. The van der Waals surface area contributed by atoms with E-state index in [1.165, 1.54) is 0 Å². The summed E-state index contributed by atoms with van der Waals surface area (Å²) in [6, 6.07) is 3.79. The van der Waals surface area contributed by atoms with Gasteiger partial charge in [-0.1, -0.05) is 13.3 Å². The van der Waals surface area contributed by atoms with Gasteiger partial charge in [-0.15, -0.1) is 0 Å². The van der Waals surface area contributed by atoms with Gasteiger partial charge in [0, 0.05) is 0 Å². The molecule has 1 N–H and O–H groups in total. The van der Waals surface area contributed by atoms with Crippen LogP contribution in [-0.4, -0.2) is 25.7 Å². The summed E-state index contributed by atoms with van der Waals surface area (Å²) in [7, 11) is 0. The van der Waals surface area contributed by atoms with Gasteiger partial charge in [0.2, 0.25) is 0 Å². The van der Waals surface area contributed by atoms with E-state index in [1.54, 1.807) is 10.7 Å². The van der Waals surface area contributed by atoms with E-state index in [4.69, 9.17) is 5.11 Å². The Balaban J connectivity index is 2.42. The molecule has 0 amide bonds. The molecule has 5 nitrogen and oxygen atoms in total. The number of aromatic nitrogens is 3. The lowest BCUT2D eigenvalue weighted by Gasteiger charge is -2.01. The van der Waals surface area contributed by atoms with Gasteiger partial charge >= 0.3 is 5.97 Å². The number of nitrogens with zero attached hydrogens (tertiary/aromatic N) is 3. The van der Waals surface area contributed by atoms with Crippen LogP contribution in [0.3, 0.4) is 0 Å². The first-order chi connectivity index (χ1) is 7.70. The van der Waals surface area contributed by atoms with Crippen LogP contribution in [0.1, 0.15) is 24.7 Å². The Bertz CT molecular complexity index is 519. The minimum absolute atomic E-state index is 0.0518. The number of fused-ring (bicyclic) bond motifs is 1. The Hall–Kier alpha value is -1.91. The summed E-state index contributed by atoms with van der Waals surface area (Å²) in [6.45, 7) is 2.08. The first-order valence-corrected chi connectivity index (χ1v) is 5.25. The highest BCUT2D eigenvalue weighted by molar-refractivity contribution is 5.69. The van der Waals surface area contributed by atoms with Crippen molar-refractivity contribution in [2.24, 2.45) is 0 Å². The molecule has 0 bridgehead atoms. The minimum Gasteiger partial charge on any atom is -0.481 e. The normalized spacial score (nSPS) is 10.8. The van der Waals surface area contributed by atoms with Gasteiger partial charge in [-0.25, -0.2) is 9.50 Å². The van der Waals surface area contributed by atoms with Crippen LogP contribution >= 0.6 is 0 Å². The Morgan fingerprint density at radius 1 is 1.50 bits per heavy atom. The monoisotopic (exact) mass is 219 g/mol. The second-order valence-electron chi connectivity index (χ2n) is 3.66. The van der Waals surface area contributed by atoms with Crippen LogP contribution in [0.25, 0.3) is 5.65 Å². The van der Waals surface area contributed by atoms with Crippen LogP contribution < -0.4 is 0 Å². The number of aliphatic carboxylic acids is 1. The van der Waals surface area contributed by atoms with Gasteiger partial charge in [-0.05, 0) is 18.6 Å². The van der Waals surface area contributed by atoms with Crippen LogP contribution in [0.2, 0.25) is 0 Å². The fourth-order valence-corrected chi connectivity index (χ4v) is 1.62. The summed E-state index contributed by atoms with van der Waals surface area (Å²) < 4.78 is 1.61. The number of carbonyl (C=O) groups is 1. The van der Waals surface area contributed by atoms with Crippen LogP contribution in [-0.2, 0) is 17.6 Å². The van der Waals surface area contributed by atoms with Crippen LogP contribution in [0.15, 0.2) is 18.3 Å². The fraction of sp³-hybridized carbons (Fsp3) is 0.364. The quantitative estimate of drug-likeness (QED) is 0.841. The van der Waals surface area contributed by atoms with Crippen LogP contribution in [0.5, 0.6) is 0 Å². The first-order valence-electron chi connectivity index (χ1n) is 5.25. The number of rotatable bonds is 4. The summed E-state index contributed by atoms with van der Waals surface area (Å²) in [5.41, 5.74) is 2.26. The van der Waals surface area contributed by atoms with Gasteiger partial charge < -0.3 is 5.11 Å². The summed E-state index contributed by atoms with van der Waals surface area (Å²) in [5.74, 6) is -0.871. The summed E-state index contributed by atoms with van der Waals surface area (Å²) >= 11 is 0. The molecule has 0 saturated carbocycles. The van der Waals surface area contributed by atoms with E-state index in [0.717, 1.165) is 18.5 Å². The number of hydrogen-bond acceptors (Lipinski definition) is 3. The molecule has 0 aliphatic heterocycles. The lowest BCUT2D eigenvalue weighted by Crippen LogP contribution is -2.06. The molecule has 0 fully saturated rings.